The van der Waals surface area contributed by atoms with Gasteiger partial charge < -0.3 is 16.0 Å². The van der Waals surface area contributed by atoms with Crippen LogP contribution in [0.15, 0.2) is 65.3 Å². The van der Waals surface area contributed by atoms with Crippen molar-refractivity contribution < 1.29 is 0 Å². The third-order valence-corrected chi connectivity index (χ3v) is 8.74. The van der Waals surface area contributed by atoms with E-state index < -0.39 is 16.7 Å². The molecule has 4 rings (SSSR count). The highest BCUT2D eigenvalue weighted by molar-refractivity contribution is 8.20. The summed E-state index contributed by atoms with van der Waals surface area (Å²) in [5.41, 5.74) is 3.11. The van der Waals surface area contributed by atoms with Crippen molar-refractivity contribution in [2.24, 2.45) is 0 Å². The van der Waals surface area contributed by atoms with E-state index in [9.17, 15) is 4.79 Å². The monoisotopic (exact) mass is 669 g/mol. The van der Waals surface area contributed by atoms with Gasteiger partial charge in [0.25, 0.3) is 5.56 Å². The molecule has 0 amide bonds. The summed E-state index contributed by atoms with van der Waals surface area (Å²) in [6.45, 7) is 1.86. The molecule has 3 N–H and O–H groups in total. The number of pyridine rings is 2. The van der Waals surface area contributed by atoms with Crippen LogP contribution in [0.2, 0.25) is 0 Å². The van der Waals surface area contributed by atoms with E-state index in [1.807, 2.05) is 13.0 Å². The van der Waals surface area contributed by atoms with E-state index in [-0.39, 0.29) is 11.3 Å². The van der Waals surface area contributed by atoms with Gasteiger partial charge in [-0.3, -0.25) is 9.78 Å². The molecule has 0 bridgehead atoms. The predicted octanol–water partition coefficient (Wildman–Crippen LogP) is 4.84. The van der Waals surface area contributed by atoms with Crippen molar-refractivity contribution in [1.82, 2.24) is 25.1 Å². The lowest BCUT2D eigenvalue weighted by Crippen LogP contribution is -2.40. The van der Waals surface area contributed by atoms with Crippen molar-refractivity contribution in [1.29, 1.82) is 5.41 Å². The zero-order chi connectivity index (χ0) is 28.8. The molecule has 3 aromatic rings. The number of rotatable bonds is 7. The highest BCUT2D eigenvalue weighted by Gasteiger charge is 2.39. The minimum absolute atomic E-state index is 0.218. The van der Waals surface area contributed by atoms with Crippen LogP contribution >= 0.6 is 101 Å². The van der Waals surface area contributed by atoms with Gasteiger partial charge in [-0.2, -0.15) is 9.78 Å². The molecule has 3 heterocycles. The molecule has 0 fully saturated rings. The Kier molecular flexibility index (Phi) is 9.08. The number of allylic oxidation sites excluding steroid dienone is 5. The number of aryl methyl sites for hydroxylation is 1. The molecule has 0 unspecified atom stereocenters. The van der Waals surface area contributed by atoms with Gasteiger partial charge in [-0.05, 0) is 43.4 Å². The molecule has 0 saturated carbocycles. The molecule has 0 radical (unpaired) electrons. The van der Waals surface area contributed by atoms with Crippen LogP contribution in [0.1, 0.15) is 5.69 Å². The third-order valence-electron chi connectivity index (χ3n) is 5.40. The number of nitrogens with one attached hydrogen (secondary N) is 3. The first kappa shape index (κ1) is 30.7. The van der Waals surface area contributed by atoms with Crippen molar-refractivity contribution in [3.05, 3.63) is 76.5 Å². The maximum Gasteiger partial charge on any atom is 0.281 e. The second-order valence-electron chi connectivity index (χ2n) is 8.47. The summed E-state index contributed by atoms with van der Waals surface area (Å²) in [4.78, 5) is 23.0. The summed E-state index contributed by atoms with van der Waals surface area (Å²) in [5.74, 6) is 0.351. The number of aromatic nitrogens is 4. The van der Waals surface area contributed by atoms with E-state index in [0.29, 0.717) is 33.7 Å². The van der Waals surface area contributed by atoms with Crippen LogP contribution < -0.4 is 16.2 Å². The van der Waals surface area contributed by atoms with Gasteiger partial charge in [0.2, 0.25) is 0 Å². The molecule has 1 aliphatic rings. The molecule has 0 spiro atoms. The van der Waals surface area contributed by atoms with Gasteiger partial charge in [0.1, 0.15) is 20.3 Å². The maximum atomic E-state index is 14.0. The molecule has 8 nitrogen and oxygen atoms in total. The molecular formula is C23H23N7OS8. The SMILES string of the molecule is Cc1ccc(-c2c(=O)n(C3=C/C(=C/NC(S)(S)S)C(=N)C=C3)nc3ccc(NC(S)(S)C(S)(S)S)nc23)cn1. The predicted molar refractivity (Wildman–Crippen MR) is 188 cm³/mol. The molecule has 3 aromatic heterocycles. The van der Waals surface area contributed by atoms with Gasteiger partial charge in [0.15, 0.2) is 7.74 Å². The Morgan fingerprint density at radius 2 is 1.72 bits per heavy atom. The van der Waals surface area contributed by atoms with Crippen LogP contribution in [0.5, 0.6) is 0 Å². The Balaban J connectivity index is 1.92. The Morgan fingerprint density at radius 3 is 2.33 bits per heavy atom. The van der Waals surface area contributed by atoms with Crippen molar-refractivity contribution in [3.8, 4) is 11.1 Å². The topological polar surface area (TPSA) is 109 Å². The Hall–Kier alpha value is -1.27. The van der Waals surface area contributed by atoms with Crippen LogP contribution in [-0.4, -0.2) is 36.6 Å². The molecule has 0 aliphatic heterocycles. The number of fused-ring (bicyclic) bond motifs is 1. The lowest BCUT2D eigenvalue weighted by atomic mass is 10.0. The quantitative estimate of drug-likeness (QED) is 0.130. The number of nitrogens with zero attached hydrogens (tertiary/aromatic N) is 4. The minimum Gasteiger partial charge on any atom is -0.360 e. The molecule has 204 valence electrons. The van der Waals surface area contributed by atoms with Crippen LogP contribution in [0, 0.1) is 12.3 Å². The van der Waals surface area contributed by atoms with Crippen molar-refractivity contribution in [2.75, 3.05) is 5.32 Å². The first-order valence-corrected chi connectivity index (χ1v) is 14.5. The summed E-state index contributed by atoms with van der Waals surface area (Å²) >= 11 is 34.5. The fourth-order valence-corrected chi connectivity index (χ4v) is 4.03. The molecular weight excluding hydrogens is 647 g/mol. The molecule has 0 saturated heterocycles. The van der Waals surface area contributed by atoms with E-state index in [2.05, 4.69) is 127 Å². The second-order valence-corrected chi connectivity index (χ2v) is 16.3. The van der Waals surface area contributed by atoms with E-state index in [1.54, 1.807) is 48.8 Å². The van der Waals surface area contributed by atoms with Gasteiger partial charge in [0, 0.05) is 29.2 Å². The highest BCUT2D eigenvalue weighted by Crippen LogP contribution is 2.44. The van der Waals surface area contributed by atoms with E-state index in [1.165, 1.54) is 4.68 Å². The fraction of sp³-hybridized carbons (Fsp3) is 0.174. The van der Waals surface area contributed by atoms with Crippen LogP contribution in [0.25, 0.3) is 27.9 Å². The standard InChI is InChI=1S/C23H23N7OS8/c1-11-2-3-12(9-25-11)18-19-16(6-7-17(27-19)28-21(32,33)22(34,35)36)29-30(20(18)31)14-4-5-15(24)13(8-14)10-26-23(37,38)39/h2-10,24,26,32-39H,1H3,(H,27,28)/b13-10-,24-15?. The number of hydrogen-bond donors (Lipinski definition) is 11. The highest BCUT2D eigenvalue weighted by atomic mass is 32.2. The zero-order valence-corrected chi connectivity index (χ0v) is 27.1. The first-order chi connectivity index (χ1) is 18.1. The van der Waals surface area contributed by atoms with Gasteiger partial charge in [-0.15, -0.1) is 101 Å². The number of hydrogen-bond acceptors (Lipinski definition) is 15. The Bertz CT molecular complexity index is 1600. The zero-order valence-electron chi connectivity index (χ0n) is 20.0. The molecule has 16 heteroatoms. The summed E-state index contributed by atoms with van der Waals surface area (Å²) < 4.78 is -2.37. The first-order valence-electron chi connectivity index (χ1n) is 11.0. The van der Waals surface area contributed by atoms with Gasteiger partial charge in [-0.1, -0.05) is 6.07 Å². The molecule has 39 heavy (non-hydrogen) atoms. The summed E-state index contributed by atoms with van der Waals surface area (Å²) in [6.07, 6.45) is 8.01. The molecule has 0 aromatic carbocycles. The maximum absolute atomic E-state index is 14.0. The van der Waals surface area contributed by atoms with Gasteiger partial charge in [-0.25, -0.2) is 4.98 Å². The van der Waals surface area contributed by atoms with Crippen molar-refractivity contribution in [3.63, 3.8) is 0 Å². The Morgan fingerprint density at radius 1 is 1.00 bits per heavy atom. The van der Waals surface area contributed by atoms with Gasteiger partial charge in [0.05, 0.1) is 17.0 Å². The molecule has 0 atom stereocenters. The average molecular weight is 670 g/mol. The van der Waals surface area contributed by atoms with Crippen LogP contribution in [-0.2, 0) is 0 Å². The van der Waals surface area contributed by atoms with Gasteiger partial charge >= 0.3 is 0 Å². The average Bonchev–Trinajstić information content (AvgIpc) is 2.83. The second kappa shape index (κ2) is 11.5. The number of anilines is 1. The minimum atomic E-state index is -1.29. The smallest absolute Gasteiger partial charge is 0.281 e. The summed E-state index contributed by atoms with van der Waals surface area (Å²) in [7, 11) is 0. The van der Waals surface area contributed by atoms with E-state index in [4.69, 9.17) is 5.41 Å². The normalized spacial score (nSPS) is 15.6. The summed E-state index contributed by atoms with van der Waals surface area (Å²) in [5, 5.41) is 18.7. The third kappa shape index (κ3) is 7.15. The lowest BCUT2D eigenvalue weighted by Gasteiger charge is -2.34. The molecule has 1 aliphatic carbocycles. The Labute approximate surface area is 268 Å². The lowest BCUT2D eigenvalue weighted by molar-refractivity contribution is 0.857. The summed E-state index contributed by atoms with van der Waals surface area (Å²) in [6, 6.07) is 6.99. The largest absolute Gasteiger partial charge is 0.360 e. The van der Waals surface area contributed by atoms with Crippen LogP contribution in [0.4, 0.5) is 5.82 Å². The van der Waals surface area contributed by atoms with E-state index in [0.717, 1.165) is 5.69 Å². The van der Waals surface area contributed by atoms with Crippen LogP contribution in [0.3, 0.4) is 0 Å². The fourth-order valence-electron chi connectivity index (χ4n) is 3.44. The number of thiol groups is 8. The van der Waals surface area contributed by atoms with Crippen molar-refractivity contribution >= 4 is 129 Å². The van der Waals surface area contributed by atoms with Crippen molar-refractivity contribution in [2.45, 2.75) is 18.1 Å². The van der Waals surface area contributed by atoms with E-state index >= 15 is 0 Å².